The van der Waals surface area contributed by atoms with E-state index in [4.69, 9.17) is 0 Å². The van der Waals surface area contributed by atoms with Crippen molar-refractivity contribution in [3.63, 3.8) is 0 Å². The normalized spacial score (nSPS) is 24.3. The van der Waals surface area contributed by atoms with Crippen molar-refractivity contribution in [2.45, 2.75) is 30.2 Å². The minimum atomic E-state index is -3.60. The van der Waals surface area contributed by atoms with E-state index in [1.165, 1.54) is 44.3 Å². The lowest BCUT2D eigenvalue weighted by molar-refractivity contribution is -0.116. The number of amides is 2. The third kappa shape index (κ3) is 3.71. The van der Waals surface area contributed by atoms with Crippen molar-refractivity contribution in [1.29, 1.82) is 0 Å². The molecule has 2 atom stereocenters. The second kappa shape index (κ2) is 7.58. The minimum Gasteiger partial charge on any atom is -0.349 e. The molecule has 2 fully saturated rings. The molecule has 1 aliphatic heterocycles. The van der Waals surface area contributed by atoms with E-state index in [0.717, 1.165) is 19.3 Å². The maximum atomic E-state index is 13.0. The summed E-state index contributed by atoms with van der Waals surface area (Å²) in [5, 5.41) is 5.70. The van der Waals surface area contributed by atoms with Crippen LogP contribution in [0.25, 0.3) is 0 Å². The van der Waals surface area contributed by atoms with Crippen molar-refractivity contribution in [2.24, 2.45) is 11.8 Å². The Morgan fingerprint density at radius 1 is 1.13 bits per heavy atom. The van der Waals surface area contributed by atoms with Crippen LogP contribution in [0, 0.1) is 11.8 Å². The zero-order valence-corrected chi connectivity index (χ0v) is 18.5. The molecule has 0 spiro atoms. The molecule has 0 bridgehead atoms. The molecular weight excluding hydrogens is 434 g/mol. The van der Waals surface area contributed by atoms with E-state index in [2.05, 4.69) is 17.2 Å². The lowest BCUT2D eigenvalue weighted by Gasteiger charge is -2.20. The van der Waals surface area contributed by atoms with Gasteiger partial charge in [0, 0.05) is 29.7 Å². The average Bonchev–Trinajstić information content (AvgIpc) is 3.19. The second-order valence-electron chi connectivity index (χ2n) is 8.28. The summed E-state index contributed by atoms with van der Waals surface area (Å²) in [6.07, 6.45) is 4.46. The number of sulfonamides is 1. The molecule has 9 heteroatoms. The van der Waals surface area contributed by atoms with Crippen LogP contribution in [0.5, 0.6) is 0 Å². The lowest BCUT2D eigenvalue weighted by Crippen LogP contribution is -2.36. The fourth-order valence-corrected chi connectivity index (χ4v) is 7.28. The van der Waals surface area contributed by atoms with Gasteiger partial charge < -0.3 is 10.6 Å². The molecule has 31 heavy (non-hydrogen) atoms. The number of carbonyl (C=O) groups is 2. The molecule has 1 aromatic carbocycles. The zero-order valence-electron chi connectivity index (χ0n) is 16.8. The van der Waals surface area contributed by atoms with Crippen molar-refractivity contribution in [2.75, 3.05) is 18.4 Å². The van der Waals surface area contributed by atoms with Gasteiger partial charge in [0.1, 0.15) is 0 Å². The Morgan fingerprint density at radius 3 is 2.48 bits per heavy atom. The molecule has 2 unspecified atom stereocenters. The van der Waals surface area contributed by atoms with E-state index in [1.807, 2.05) is 6.07 Å². The first-order valence-electron chi connectivity index (χ1n) is 10.3. The highest BCUT2D eigenvalue weighted by atomic mass is 32.2. The first-order chi connectivity index (χ1) is 14.9. The number of anilines is 1. The standard InChI is InChI=1S/C22H23N3O4S2/c1-2-20(26)24-21-16-11-25(12-17(16)21)31(28,29)15-8-6-14(7-9-15)23-22(27)19-10-13-4-3-5-18(13)30-19/h2,6-10,16-17,21H,1,3-5,11-12H2,(H,23,27)(H,24,26). The van der Waals surface area contributed by atoms with Gasteiger partial charge in [-0.15, -0.1) is 11.3 Å². The number of thiophene rings is 1. The fraction of sp³-hybridized carbons (Fsp3) is 0.364. The van der Waals surface area contributed by atoms with Crippen LogP contribution in [-0.4, -0.2) is 43.7 Å². The summed E-state index contributed by atoms with van der Waals surface area (Å²) >= 11 is 1.54. The summed E-state index contributed by atoms with van der Waals surface area (Å²) in [5.41, 5.74) is 1.83. The third-order valence-electron chi connectivity index (χ3n) is 6.38. The summed E-state index contributed by atoms with van der Waals surface area (Å²) < 4.78 is 27.4. The van der Waals surface area contributed by atoms with Gasteiger partial charge in [-0.3, -0.25) is 9.59 Å². The predicted molar refractivity (Wildman–Crippen MR) is 119 cm³/mol. The van der Waals surface area contributed by atoms with Gasteiger partial charge in [0.2, 0.25) is 15.9 Å². The van der Waals surface area contributed by atoms with E-state index < -0.39 is 10.0 Å². The fourth-order valence-electron chi connectivity index (χ4n) is 4.61. The molecule has 2 heterocycles. The van der Waals surface area contributed by atoms with Gasteiger partial charge in [0.25, 0.3) is 5.91 Å². The first-order valence-corrected chi connectivity index (χ1v) is 12.6. The number of aryl methyl sites for hydroxylation is 2. The minimum absolute atomic E-state index is 0.0353. The molecule has 2 aliphatic carbocycles. The van der Waals surface area contributed by atoms with Crippen molar-refractivity contribution < 1.29 is 18.0 Å². The highest BCUT2D eigenvalue weighted by Gasteiger charge is 2.58. The number of nitrogens with one attached hydrogen (secondary N) is 2. The molecule has 162 valence electrons. The summed E-state index contributed by atoms with van der Waals surface area (Å²) in [5.74, 6) is -0.0739. The number of fused-ring (bicyclic) bond motifs is 2. The van der Waals surface area contributed by atoms with Crippen LogP contribution in [0.2, 0.25) is 0 Å². The van der Waals surface area contributed by atoms with Crippen molar-refractivity contribution >= 4 is 38.9 Å². The van der Waals surface area contributed by atoms with Gasteiger partial charge in [0.15, 0.2) is 0 Å². The Morgan fingerprint density at radius 2 is 1.84 bits per heavy atom. The van der Waals surface area contributed by atoms with Gasteiger partial charge in [0.05, 0.1) is 9.77 Å². The Bertz CT molecular complexity index is 1140. The molecule has 1 saturated heterocycles. The van der Waals surface area contributed by atoms with E-state index in [1.54, 1.807) is 12.1 Å². The Hall–Kier alpha value is -2.49. The summed E-state index contributed by atoms with van der Waals surface area (Å²) in [6, 6.07) is 8.30. The molecule has 2 amide bonds. The van der Waals surface area contributed by atoms with E-state index >= 15 is 0 Å². The highest BCUT2D eigenvalue weighted by Crippen LogP contribution is 2.47. The molecule has 3 aliphatic rings. The van der Waals surface area contributed by atoms with Gasteiger partial charge >= 0.3 is 0 Å². The maximum absolute atomic E-state index is 13.0. The number of hydrogen-bond acceptors (Lipinski definition) is 5. The van der Waals surface area contributed by atoms with Crippen molar-refractivity contribution in [3.8, 4) is 0 Å². The lowest BCUT2D eigenvalue weighted by atomic mass is 10.2. The molecule has 1 aromatic heterocycles. The second-order valence-corrected chi connectivity index (χ2v) is 11.4. The molecule has 1 saturated carbocycles. The molecule has 2 N–H and O–H groups in total. The zero-order chi connectivity index (χ0) is 21.8. The first kappa shape index (κ1) is 20.4. The van der Waals surface area contributed by atoms with Crippen LogP contribution in [0.4, 0.5) is 5.69 Å². The molecule has 7 nitrogen and oxygen atoms in total. The van der Waals surface area contributed by atoms with Gasteiger partial charge in [-0.05, 0) is 73.1 Å². The van der Waals surface area contributed by atoms with Crippen LogP contribution in [-0.2, 0) is 27.7 Å². The molecule has 2 aromatic rings. The van der Waals surface area contributed by atoms with Crippen molar-refractivity contribution in [1.82, 2.24) is 9.62 Å². The van der Waals surface area contributed by atoms with Crippen molar-refractivity contribution in [3.05, 3.63) is 58.3 Å². The topological polar surface area (TPSA) is 95.6 Å². The van der Waals surface area contributed by atoms with Gasteiger partial charge in [-0.1, -0.05) is 6.58 Å². The summed E-state index contributed by atoms with van der Waals surface area (Å²) in [6.45, 7) is 4.24. The number of hydrogen-bond donors (Lipinski definition) is 2. The number of carbonyl (C=O) groups excluding carboxylic acids is 2. The molecular formula is C22H23N3O4S2. The van der Waals surface area contributed by atoms with E-state index in [0.29, 0.717) is 23.7 Å². The van der Waals surface area contributed by atoms with E-state index in [9.17, 15) is 18.0 Å². The molecule has 0 radical (unpaired) electrons. The third-order valence-corrected chi connectivity index (χ3v) is 9.46. The van der Waals surface area contributed by atoms with Crippen LogP contribution in [0.15, 0.2) is 47.9 Å². The maximum Gasteiger partial charge on any atom is 0.265 e. The summed E-state index contributed by atoms with van der Waals surface area (Å²) in [7, 11) is -3.60. The van der Waals surface area contributed by atoms with Crippen LogP contribution >= 0.6 is 11.3 Å². The number of benzene rings is 1. The van der Waals surface area contributed by atoms with Crippen LogP contribution in [0.1, 0.15) is 26.5 Å². The summed E-state index contributed by atoms with van der Waals surface area (Å²) in [4.78, 5) is 26.1. The van der Waals surface area contributed by atoms with Gasteiger partial charge in [-0.25, -0.2) is 8.42 Å². The Kier molecular flexibility index (Phi) is 4.99. The van der Waals surface area contributed by atoms with E-state index in [-0.39, 0.29) is 34.6 Å². The predicted octanol–water partition coefficient (Wildman–Crippen LogP) is 2.41. The monoisotopic (exact) mass is 457 g/mol. The number of piperidine rings is 1. The molecule has 5 rings (SSSR count). The average molecular weight is 458 g/mol. The Labute approximate surface area is 185 Å². The number of rotatable bonds is 6. The smallest absolute Gasteiger partial charge is 0.265 e. The van der Waals surface area contributed by atoms with Gasteiger partial charge in [-0.2, -0.15) is 4.31 Å². The Balaban J connectivity index is 1.21. The van der Waals surface area contributed by atoms with Crippen LogP contribution in [0.3, 0.4) is 0 Å². The van der Waals surface area contributed by atoms with Crippen LogP contribution < -0.4 is 10.6 Å². The quantitative estimate of drug-likeness (QED) is 0.651. The number of nitrogens with zero attached hydrogens (tertiary/aromatic N) is 1. The largest absolute Gasteiger partial charge is 0.349 e. The SMILES string of the molecule is C=CC(=O)NC1C2CN(S(=O)(=O)c3ccc(NC(=O)c4cc5c(s4)CCC5)cc3)CC21. The highest BCUT2D eigenvalue weighted by molar-refractivity contribution is 7.89.